The summed E-state index contributed by atoms with van der Waals surface area (Å²) in [4.78, 5) is 2.59. The van der Waals surface area contributed by atoms with Gasteiger partial charge in [-0.1, -0.05) is 13.0 Å². The van der Waals surface area contributed by atoms with Crippen molar-refractivity contribution in [1.29, 1.82) is 0 Å². The van der Waals surface area contributed by atoms with Crippen molar-refractivity contribution in [1.82, 2.24) is 4.90 Å². The lowest BCUT2D eigenvalue weighted by Gasteiger charge is -2.21. The number of anilines is 1. The monoisotopic (exact) mass is 388 g/mol. The largest absolute Gasteiger partial charge is 0.380 e. The quantitative estimate of drug-likeness (QED) is 0.788. The Morgan fingerprint density at radius 1 is 1.21 bits per heavy atom. The first kappa shape index (κ1) is 15.3. The summed E-state index contributed by atoms with van der Waals surface area (Å²) < 4.78 is 2.27. The minimum Gasteiger partial charge on any atom is -0.380 e. The smallest absolute Gasteiger partial charge is 0.0631 e. The molecule has 0 saturated carbocycles. The van der Waals surface area contributed by atoms with Crippen LogP contribution in [0, 0.1) is 0 Å². The number of benzene rings is 1. The van der Waals surface area contributed by atoms with Crippen molar-refractivity contribution in [2.45, 2.75) is 38.6 Å². The zero-order chi connectivity index (χ0) is 13.7. The van der Waals surface area contributed by atoms with Gasteiger partial charge in [-0.25, -0.2) is 0 Å². The lowest BCUT2D eigenvalue weighted by Crippen LogP contribution is -2.27. The normalized spacial score (nSPS) is 21.1. The molecule has 1 aromatic carbocycles. The van der Waals surface area contributed by atoms with E-state index in [1.165, 1.54) is 51.0 Å². The number of rotatable bonds is 4. The van der Waals surface area contributed by atoms with Gasteiger partial charge < -0.3 is 10.2 Å². The minimum absolute atomic E-state index is 0.580. The Balaban J connectivity index is 1.96. The van der Waals surface area contributed by atoms with E-state index < -0.39 is 0 Å². The van der Waals surface area contributed by atoms with Gasteiger partial charge in [-0.3, -0.25) is 0 Å². The molecule has 0 bridgehead atoms. The molecule has 1 aliphatic heterocycles. The van der Waals surface area contributed by atoms with Gasteiger partial charge >= 0.3 is 0 Å². The van der Waals surface area contributed by atoms with E-state index in [0.29, 0.717) is 6.04 Å². The van der Waals surface area contributed by atoms with Gasteiger partial charge in [0, 0.05) is 21.5 Å². The SMILES string of the molecule is CCCN1CCCC(Nc2c(Br)cccc2Br)CC1. The van der Waals surface area contributed by atoms with Gasteiger partial charge in [-0.2, -0.15) is 0 Å². The molecule has 1 N–H and O–H groups in total. The van der Waals surface area contributed by atoms with Crippen molar-refractivity contribution < 1.29 is 0 Å². The van der Waals surface area contributed by atoms with Crippen LogP contribution in [0.5, 0.6) is 0 Å². The van der Waals surface area contributed by atoms with E-state index in [0.717, 1.165) is 8.95 Å². The standard InChI is InChI=1S/C15H22Br2N2/c1-2-9-19-10-4-5-12(8-11-19)18-15-13(16)6-3-7-14(15)17/h3,6-7,12,18H,2,4-5,8-11H2,1H3. The van der Waals surface area contributed by atoms with Gasteiger partial charge in [0.25, 0.3) is 0 Å². The van der Waals surface area contributed by atoms with Crippen molar-refractivity contribution in [3.05, 3.63) is 27.1 Å². The highest BCUT2D eigenvalue weighted by Crippen LogP contribution is 2.32. The molecule has 0 spiro atoms. The Morgan fingerprint density at radius 3 is 2.63 bits per heavy atom. The van der Waals surface area contributed by atoms with E-state index in [2.05, 4.69) is 67.2 Å². The molecule has 1 atom stereocenters. The van der Waals surface area contributed by atoms with Crippen molar-refractivity contribution in [3.8, 4) is 0 Å². The van der Waals surface area contributed by atoms with Crippen LogP contribution in [0.1, 0.15) is 32.6 Å². The van der Waals surface area contributed by atoms with Crippen LogP contribution in [0.2, 0.25) is 0 Å². The molecule has 0 aromatic heterocycles. The van der Waals surface area contributed by atoms with Crippen LogP contribution in [0.4, 0.5) is 5.69 Å². The van der Waals surface area contributed by atoms with Crippen molar-refractivity contribution in [2.75, 3.05) is 25.0 Å². The maximum Gasteiger partial charge on any atom is 0.0631 e. The van der Waals surface area contributed by atoms with Crippen LogP contribution in [0.3, 0.4) is 0 Å². The third kappa shape index (κ3) is 4.47. The van der Waals surface area contributed by atoms with Crippen molar-refractivity contribution in [2.24, 2.45) is 0 Å². The first-order chi connectivity index (χ1) is 9.20. The van der Waals surface area contributed by atoms with Crippen LogP contribution in [0.25, 0.3) is 0 Å². The fraction of sp³-hybridized carbons (Fsp3) is 0.600. The fourth-order valence-electron chi connectivity index (χ4n) is 2.68. The number of hydrogen-bond donors (Lipinski definition) is 1. The second kappa shape index (κ2) is 7.65. The first-order valence-corrected chi connectivity index (χ1v) is 8.72. The lowest BCUT2D eigenvalue weighted by molar-refractivity contribution is 0.285. The zero-order valence-corrected chi connectivity index (χ0v) is 14.6. The predicted octanol–water partition coefficient (Wildman–Crippen LogP) is 4.89. The number of nitrogens with zero attached hydrogens (tertiary/aromatic N) is 1. The molecule has 1 saturated heterocycles. The van der Waals surface area contributed by atoms with Gasteiger partial charge in [-0.15, -0.1) is 0 Å². The second-order valence-electron chi connectivity index (χ2n) is 5.21. The molecule has 2 nitrogen and oxygen atoms in total. The number of likely N-dealkylation sites (tertiary alicyclic amines) is 1. The summed E-state index contributed by atoms with van der Waals surface area (Å²) in [5.74, 6) is 0. The Labute approximate surface area is 133 Å². The summed E-state index contributed by atoms with van der Waals surface area (Å²) in [6.45, 7) is 5.97. The zero-order valence-electron chi connectivity index (χ0n) is 11.5. The summed E-state index contributed by atoms with van der Waals surface area (Å²) in [6.07, 6.45) is 5.04. The molecule has 2 rings (SSSR count). The molecule has 19 heavy (non-hydrogen) atoms. The molecule has 1 aliphatic rings. The predicted molar refractivity (Wildman–Crippen MR) is 89.8 cm³/mol. The number of nitrogens with one attached hydrogen (secondary N) is 1. The third-order valence-corrected chi connectivity index (χ3v) is 4.99. The second-order valence-corrected chi connectivity index (χ2v) is 6.92. The van der Waals surface area contributed by atoms with E-state index in [-0.39, 0.29) is 0 Å². The average molecular weight is 390 g/mol. The van der Waals surface area contributed by atoms with E-state index in [1.54, 1.807) is 0 Å². The summed E-state index contributed by atoms with van der Waals surface area (Å²) >= 11 is 7.25. The molecular formula is C15H22Br2N2. The van der Waals surface area contributed by atoms with Crippen molar-refractivity contribution in [3.63, 3.8) is 0 Å². The Kier molecular flexibility index (Phi) is 6.17. The minimum atomic E-state index is 0.580. The molecule has 106 valence electrons. The van der Waals surface area contributed by atoms with Crippen LogP contribution in [-0.2, 0) is 0 Å². The highest BCUT2D eigenvalue weighted by Gasteiger charge is 2.17. The molecule has 0 aliphatic carbocycles. The topological polar surface area (TPSA) is 15.3 Å². The number of para-hydroxylation sites is 1. The molecular weight excluding hydrogens is 368 g/mol. The van der Waals surface area contributed by atoms with E-state index in [4.69, 9.17) is 0 Å². The highest BCUT2D eigenvalue weighted by atomic mass is 79.9. The summed E-state index contributed by atoms with van der Waals surface area (Å²) in [5.41, 5.74) is 1.19. The van der Waals surface area contributed by atoms with Gasteiger partial charge in [-0.05, 0) is 82.8 Å². The molecule has 1 heterocycles. The summed E-state index contributed by atoms with van der Waals surface area (Å²) in [7, 11) is 0. The number of halogens is 2. The van der Waals surface area contributed by atoms with Crippen LogP contribution < -0.4 is 5.32 Å². The van der Waals surface area contributed by atoms with E-state index >= 15 is 0 Å². The van der Waals surface area contributed by atoms with E-state index in [9.17, 15) is 0 Å². The fourth-order valence-corrected chi connectivity index (χ4v) is 3.91. The number of hydrogen-bond acceptors (Lipinski definition) is 2. The molecule has 1 aromatic rings. The highest BCUT2D eigenvalue weighted by molar-refractivity contribution is 9.11. The Hall–Kier alpha value is -0.0600. The lowest BCUT2D eigenvalue weighted by atomic mass is 10.1. The van der Waals surface area contributed by atoms with Crippen LogP contribution in [0.15, 0.2) is 27.1 Å². The van der Waals surface area contributed by atoms with Gasteiger partial charge in [0.2, 0.25) is 0 Å². The summed E-state index contributed by atoms with van der Waals surface area (Å²) in [5, 5.41) is 3.70. The first-order valence-electron chi connectivity index (χ1n) is 7.13. The third-order valence-electron chi connectivity index (χ3n) is 3.67. The Morgan fingerprint density at radius 2 is 1.95 bits per heavy atom. The maximum atomic E-state index is 3.70. The molecule has 0 radical (unpaired) electrons. The van der Waals surface area contributed by atoms with E-state index in [1.807, 2.05) is 0 Å². The average Bonchev–Trinajstić information content (AvgIpc) is 2.60. The maximum absolute atomic E-state index is 3.70. The molecule has 1 fully saturated rings. The van der Waals surface area contributed by atoms with Crippen LogP contribution >= 0.6 is 31.9 Å². The molecule has 4 heteroatoms. The molecule has 1 unspecified atom stereocenters. The van der Waals surface area contributed by atoms with Crippen LogP contribution in [-0.4, -0.2) is 30.6 Å². The summed E-state index contributed by atoms with van der Waals surface area (Å²) in [6, 6.07) is 6.81. The van der Waals surface area contributed by atoms with Gasteiger partial charge in [0.05, 0.1) is 5.69 Å². The van der Waals surface area contributed by atoms with Crippen molar-refractivity contribution >= 4 is 37.5 Å². The van der Waals surface area contributed by atoms with Gasteiger partial charge in [0.15, 0.2) is 0 Å². The Bertz CT molecular complexity index is 389. The molecule has 0 amide bonds. The van der Waals surface area contributed by atoms with Gasteiger partial charge in [0.1, 0.15) is 0 Å².